The van der Waals surface area contributed by atoms with E-state index in [1.165, 1.54) is 38.8 Å². The summed E-state index contributed by atoms with van der Waals surface area (Å²) in [6.07, 6.45) is 7.94. The maximum Gasteiger partial charge on any atom is 0.231 e. The minimum absolute atomic E-state index is 0.200. The predicted molar refractivity (Wildman–Crippen MR) is 106 cm³/mol. The molecule has 0 aromatic rings. The number of rotatable bonds is 4. The lowest BCUT2D eigenvalue weighted by Crippen LogP contribution is -2.43. The van der Waals surface area contributed by atoms with Gasteiger partial charge in [-0.1, -0.05) is 13.8 Å². The Morgan fingerprint density at radius 3 is 2.44 bits per heavy atom. The SMILES string of the molecule is CC1CCC(C(=O)N2C[C@@H](C)[C@@]3(CCN(CCN4CCCC4)C3=O)C2)CC1. The van der Waals surface area contributed by atoms with Crippen molar-refractivity contribution in [3.05, 3.63) is 0 Å². The molecule has 4 aliphatic rings. The average Bonchev–Trinajstić information content (AvgIpc) is 3.36. The maximum atomic E-state index is 13.3. The quantitative estimate of drug-likeness (QED) is 0.759. The highest BCUT2D eigenvalue weighted by molar-refractivity contribution is 5.88. The van der Waals surface area contributed by atoms with Gasteiger partial charge in [0.2, 0.25) is 11.8 Å². The first-order chi connectivity index (χ1) is 13.0. The Morgan fingerprint density at radius 1 is 1.04 bits per heavy atom. The molecule has 0 aromatic heterocycles. The van der Waals surface area contributed by atoms with Crippen LogP contribution in [0.25, 0.3) is 0 Å². The standard InChI is InChI=1S/C22H37N3O2/c1-17-5-7-19(8-6-17)20(26)25-15-18(2)22(16-25)9-12-24(21(22)27)14-13-23-10-3-4-11-23/h17-19H,3-16H2,1-2H3/t17?,18-,19?,22-/m1/s1. The summed E-state index contributed by atoms with van der Waals surface area (Å²) in [6.45, 7) is 11.0. The summed E-state index contributed by atoms with van der Waals surface area (Å²) >= 11 is 0. The van der Waals surface area contributed by atoms with Crippen LogP contribution in [0.4, 0.5) is 0 Å². The van der Waals surface area contributed by atoms with Crippen molar-refractivity contribution in [2.75, 3.05) is 45.8 Å². The van der Waals surface area contributed by atoms with E-state index in [0.717, 1.165) is 51.4 Å². The van der Waals surface area contributed by atoms with Gasteiger partial charge >= 0.3 is 0 Å². The van der Waals surface area contributed by atoms with Crippen LogP contribution in [-0.2, 0) is 9.59 Å². The lowest BCUT2D eigenvalue weighted by Gasteiger charge is -2.30. The van der Waals surface area contributed by atoms with Gasteiger partial charge < -0.3 is 14.7 Å². The number of carbonyl (C=O) groups excluding carboxylic acids is 2. The van der Waals surface area contributed by atoms with E-state index in [0.29, 0.717) is 18.4 Å². The van der Waals surface area contributed by atoms with Crippen LogP contribution >= 0.6 is 0 Å². The molecule has 4 rings (SSSR count). The van der Waals surface area contributed by atoms with Gasteiger partial charge in [0.15, 0.2) is 0 Å². The Balaban J connectivity index is 1.35. The summed E-state index contributed by atoms with van der Waals surface area (Å²) in [6, 6.07) is 0. The van der Waals surface area contributed by atoms with Crippen molar-refractivity contribution in [1.29, 1.82) is 0 Å². The third kappa shape index (κ3) is 3.64. The van der Waals surface area contributed by atoms with Crippen molar-refractivity contribution in [2.24, 2.45) is 23.2 Å². The second-order valence-corrected chi connectivity index (χ2v) is 9.82. The molecule has 0 N–H and O–H groups in total. The van der Waals surface area contributed by atoms with Crippen molar-refractivity contribution in [3.8, 4) is 0 Å². The van der Waals surface area contributed by atoms with Crippen molar-refractivity contribution in [3.63, 3.8) is 0 Å². The van der Waals surface area contributed by atoms with E-state index < -0.39 is 0 Å². The summed E-state index contributed by atoms with van der Waals surface area (Å²) < 4.78 is 0. The minimum atomic E-state index is -0.303. The van der Waals surface area contributed by atoms with E-state index >= 15 is 0 Å². The number of amides is 2. The smallest absolute Gasteiger partial charge is 0.231 e. The van der Waals surface area contributed by atoms with Crippen molar-refractivity contribution in [2.45, 2.75) is 58.8 Å². The summed E-state index contributed by atoms with van der Waals surface area (Å²) in [5.74, 6) is 1.90. The molecule has 3 aliphatic heterocycles. The topological polar surface area (TPSA) is 43.9 Å². The second-order valence-electron chi connectivity index (χ2n) is 9.82. The highest BCUT2D eigenvalue weighted by Gasteiger charge is 2.56. The van der Waals surface area contributed by atoms with E-state index in [9.17, 15) is 9.59 Å². The third-order valence-corrected chi connectivity index (χ3v) is 8.01. The van der Waals surface area contributed by atoms with E-state index in [4.69, 9.17) is 0 Å². The lowest BCUT2D eigenvalue weighted by molar-refractivity contribution is -0.139. The van der Waals surface area contributed by atoms with Gasteiger partial charge in [0.25, 0.3) is 0 Å². The van der Waals surface area contributed by atoms with Gasteiger partial charge in [-0.15, -0.1) is 0 Å². The van der Waals surface area contributed by atoms with Gasteiger partial charge in [0.1, 0.15) is 0 Å². The molecule has 3 saturated heterocycles. The van der Waals surface area contributed by atoms with Crippen LogP contribution in [0.2, 0.25) is 0 Å². The zero-order valence-corrected chi connectivity index (χ0v) is 17.3. The number of hydrogen-bond donors (Lipinski definition) is 0. The first-order valence-electron chi connectivity index (χ1n) is 11.3. The fourth-order valence-electron chi connectivity index (χ4n) is 5.94. The van der Waals surface area contributed by atoms with Crippen LogP contribution in [0.1, 0.15) is 58.8 Å². The van der Waals surface area contributed by atoms with Crippen LogP contribution in [0.3, 0.4) is 0 Å². The van der Waals surface area contributed by atoms with E-state index in [-0.39, 0.29) is 17.3 Å². The highest BCUT2D eigenvalue weighted by atomic mass is 16.2. The fourth-order valence-corrected chi connectivity index (χ4v) is 5.94. The molecule has 2 atom stereocenters. The van der Waals surface area contributed by atoms with Gasteiger partial charge in [-0.2, -0.15) is 0 Å². The molecule has 5 nitrogen and oxygen atoms in total. The molecule has 27 heavy (non-hydrogen) atoms. The van der Waals surface area contributed by atoms with Crippen molar-refractivity contribution < 1.29 is 9.59 Å². The van der Waals surface area contributed by atoms with E-state index in [2.05, 4.69) is 23.6 Å². The molecule has 1 aliphatic carbocycles. The molecule has 0 unspecified atom stereocenters. The molecule has 152 valence electrons. The fraction of sp³-hybridized carbons (Fsp3) is 0.909. The molecule has 0 radical (unpaired) electrons. The summed E-state index contributed by atoms with van der Waals surface area (Å²) in [5, 5.41) is 0. The number of nitrogens with zero attached hydrogens (tertiary/aromatic N) is 3. The zero-order valence-electron chi connectivity index (χ0n) is 17.3. The van der Waals surface area contributed by atoms with Gasteiger partial charge in [-0.05, 0) is 69.9 Å². The highest BCUT2D eigenvalue weighted by Crippen LogP contribution is 2.45. The van der Waals surface area contributed by atoms with Gasteiger partial charge in [0, 0.05) is 38.6 Å². The molecule has 1 spiro atoms. The number of hydrogen-bond acceptors (Lipinski definition) is 3. The summed E-state index contributed by atoms with van der Waals surface area (Å²) in [5.41, 5.74) is -0.303. The zero-order chi connectivity index (χ0) is 19.0. The van der Waals surface area contributed by atoms with Gasteiger partial charge in [-0.25, -0.2) is 0 Å². The molecule has 0 bridgehead atoms. The lowest BCUT2D eigenvalue weighted by atomic mass is 9.77. The Kier molecular flexibility index (Phi) is 5.50. The van der Waals surface area contributed by atoms with Crippen LogP contribution in [-0.4, -0.2) is 72.3 Å². The predicted octanol–water partition coefficient (Wildman–Crippen LogP) is 2.61. The summed E-state index contributed by atoms with van der Waals surface area (Å²) in [7, 11) is 0. The van der Waals surface area contributed by atoms with Crippen LogP contribution in [0, 0.1) is 23.2 Å². The normalized spacial score (nSPS) is 37.7. The van der Waals surface area contributed by atoms with Crippen molar-refractivity contribution in [1.82, 2.24) is 14.7 Å². The van der Waals surface area contributed by atoms with E-state index in [1.807, 2.05) is 4.90 Å². The molecule has 2 amide bonds. The van der Waals surface area contributed by atoms with Crippen LogP contribution in [0.5, 0.6) is 0 Å². The number of carbonyl (C=O) groups is 2. The molecule has 0 aromatic carbocycles. The Morgan fingerprint density at radius 2 is 1.74 bits per heavy atom. The minimum Gasteiger partial charge on any atom is -0.341 e. The Bertz CT molecular complexity index is 566. The first-order valence-corrected chi connectivity index (χ1v) is 11.3. The number of likely N-dealkylation sites (tertiary alicyclic amines) is 3. The molecule has 5 heteroatoms. The Hall–Kier alpha value is -1.10. The molecular formula is C22H37N3O2. The van der Waals surface area contributed by atoms with Crippen LogP contribution in [0.15, 0.2) is 0 Å². The molecule has 1 saturated carbocycles. The third-order valence-electron chi connectivity index (χ3n) is 8.01. The molecule has 3 heterocycles. The molecular weight excluding hydrogens is 338 g/mol. The Labute approximate surface area is 164 Å². The van der Waals surface area contributed by atoms with Gasteiger partial charge in [-0.3, -0.25) is 9.59 Å². The first kappa shape index (κ1) is 19.2. The average molecular weight is 376 g/mol. The monoisotopic (exact) mass is 375 g/mol. The van der Waals surface area contributed by atoms with Crippen LogP contribution < -0.4 is 0 Å². The second kappa shape index (κ2) is 7.73. The van der Waals surface area contributed by atoms with Crippen molar-refractivity contribution >= 4 is 11.8 Å². The summed E-state index contributed by atoms with van der Waals surface area (Å²) in [4.78, 5) is 33.0. The van der Waals surface area contributed by atoms with E-state index in [1.54, 1.807) is 0 Å². The molecule has 4 fully saturated rings. The maximum absolute atomic E-state index is 13.3. The largest absolute Gasteiger partial charge is 0.341 e. The van der Waals surface area contributed by atoms with Gasteiger partial charge in [0.05, 0.1) is 5.41 Å².